The highest BCUT2D eigenvalue weighted by atomic mass is 16.6. The van der Waals surface area contributed by atoms with Crippen LogP contribution in [-0.4, -0.2) is 18.0 Å². The fraction of sp³-hybridized carbons (Fsp3) is 0.400. The zero-order valence-electron chi connectivity index (χ0n) is 7.99. The number of fused-ring (bicyclic) bond motifs is 1. The second-order valence-electron chi connectivity index (χ2n) is 3.60. The molecule has 0 saturated heterocycles. The van der Waals surface area contributed by atoms with Crippen molar-refractivity contribution in [2.75, 3.05) is 7.05 Å². The van der Waals surface area contributed by atoms with Crippen LogP contribution in [0.2, 0.25) is 0 Å². The summed E-state index contributed by atoms with van der Waals surface area (Å²) in [5, 5.41) is 13.7. The first kappa shape index (κ1) is 9.15. The molecule has 1 aliphatic rings. The van der Waals surface area contributed by atoms with Crippen molar-refractivity contribution < 1.29 is 4.92 Å². The predicted molar refractivity (Wildman–Crippen MR) is 53.4 cm³/mol. The minimum absolute atomic E-state index is 0.195. The van der Waals surface area contributed by atoms with Crippen molar-refractivity contribution in [3.05, 3.63) is 39.4 Å². The third kappa shape index (κ3) is 1.48. The van der Waals surface area contributed by atoms with E-state index >= 15 is 0 Å². The Kier molecular flexibility index (Phi) is 2.21. The molecule has 0 bridgehead atoms. The number of nitrogens with one attached hydrogen (secondary N) is 1. The first-order valence-electron chi connectivity index (χ1n) is 4.64. The molecule has 0 amide bonds. The molecule has 0 spiro atoms. The lowest BCUT2D eigenvalue weighted by Crippen LogP contribution is -2.24. The van der Waals surface area contributed by atoms with Crippen LogP contribution in [0.25, 0.3) is 0 Å². The number of hydrogen-bond acceptors (Lipinski definition) is 3. The molecule has 1 atom stereocenters. The summed E-state index contributed by atoms with van der Waals surface area (Å²) in [5.74, 6) is 0. The molecule has 1 aliphatic carbocycles. The number of rotatable bonds is 2. The van der Waals surface area contributed by atoms with Crippen LogP contribution in [0.3, 0.4) is 0 Å². The van der Waals surface area contributed by atoms with Gasteiger partial charge >= 0.3 is 0 Å². The van der Waals surface area contributed by atoms with Crippen LogP contribution < -0.4 is 5.32 Å². The van der Waals surface area contributed by atoms with Crippen molar-refractivity contribution in [2.45, 2.75) is 18.9 Å². The van der Waals surface area contributed by atoms with E-state index in [1.54, 1.807) is 12.1 Å². The maximum absolute atomic E-state index is 10.5. The maximum atomic E-state index is 10.5. The fourth-order valence-electron chi connectivity index (χ4n) is 1.92. The topological polar surface area (TPSA) is 55.2 Å². The molecule has 0 radical (unpaired) electrons. The lowest BCUT2D eigenvalue weighted by Gasteiger charge is -2.04. The van der Waals surface area contributed by atoms with E-state index < -0.39 is 0 Å². The summed E-state index contributed by atoms with van der Waals surface area (Å²) in [4.78, 5) is 10.2. The first-order chi connectivity index (χ1) is 6.70. The zero-order chi connectivity index (χ0) is 10.1. The molecule has 14 heavy (non-hydrogen) atoms. The highest BCUT2D eigenvalue weighted by molar-refractivity contribution is 5.43. The quantitative estimate of drug-likeness (QED) is 0.567. The van der Waals surface area contributed by atoms with Gasteiger partial charge in [0.15, 0.2) is 0 Å². The Hall–Kier alpha value is -1.42. The lowest BCUT2D eigenvalue weighted by molar-refractivity contribution is -0.384. The van der Waals surface area contributed by atoms with Crippen LogP contribution in [0.4, 0.5) is 5.69 Å². The van der Waals surface area contributed by atoms with Gasteiger partial charge in [0.2, 0.25) is 0 Å². The average Bonchev–Trinajstić information content (AvgIpc) is 2.58. The summed E-state index contributed by atoms with van der Waals surface area (Å²) in [5.41, 5.74) is 2.54. The Labute approximate surface area is 82.1 Å². The van der Waals surface area contributed by atoms with Crippen LogP contribution in [0.1, 0.15) is 11.1 Å². The van der Waals surface area contributed by atoms with Crippen LogP contribution >= 0.6 is 0 Å². The molecule has 0 saturated carbocycles. The summed E-state index contributed by atoms with van der Waals surface area (Å²) in [6.07, 6.45) is 1.87. The second-order valence-corrected chi connectivity index (χ2v) is 3.60. The van der Waals surface area contributed by atoms with E-state index in [-0.39, 0.29) is 10.6 Å². The van der Waals surface area contributed by atoms with Gasteiger partial charge in [-0.1, -0.05) is 6.07 Å². The average molecular weight is 192 g/mol. The van der Waals surface area contributed by atoms with E-state index in [0.717, 1.165) is 18.4 Å². The summed E-state index contributed by atoms with van der Waals surface area (Å²) < 4.78 is 0. The van der Waals surface area contributed by atoms with Gasteiger partial charge in [-0.2, -0.15) is 0 Å². The zero-order valence-corrected chi connectivity index (χ0v) is 7.99. The largest absolute Gasteiger partial charge is 0.316 e. The van der Waals surface area contributed by atoms with Crippen molar-refractivity contribution in [1.29, 1.82) is 0 Å². The van der Waals surface area contributed by atoms with Crippen LogP contribution in [-0.2, 0) is 12.8 Å². The molecule has 0 fully saturated rings. The molecule has 1 unspecified atom stereocenters. The van der Waals surface area contributed by atoms with E-state index in [1.807, 2.05) is 13.1 Å². The Morgan fingerprint density at radius 1 is 1.43 bits per heavy atom. The molecular formula is C10H12N2O2. The monoisotopic (exact) mass is 192 g/mol. The van der Waals surface area contributed by atoms with Gasteiger partial charge in [-0.3, -0.25) is 10.1 Å². The summed E-state index contributed by atoms with van der Waals surface area (Å²) in [7, 11) is 1.92. The van der Waals surface area contributed by atoms with Crippen molar-refractivity contribution in [3.63, 3.8) is 0 Å². The highest BCUT2D eigenvalue weighted by Gasteiger charge is 2.21. The molecule has 2 rings (SSSR count). The van der Waals surface area contributed by atoms with Crippen LogP contribution in [0, 0.1) is 10.1 Å². The minimum Gasteiger partial charge on any atom is -0.316 e. The van der Waals surface area contributed by atoms with Crippen molar-refractivity contribution in [3.8, 4) is 0 Å². The molecular weight excluding hydrogens is 180 g/mol. The van der Waals surface area contributed by atoms with Crippen molar-refractivity contribution in [1.82, 2.24) is 5.32 Å². The standard InChI is InChI=1S/C10H12N2O2/c1-11-9-4-7-2-3-10(12(13)14)6-8(7)5-9/h2-3,6,9,11H,4-5H2,1H3. The number of nitro groups is 1. The van der Waals surface area contributed by atoms with Gasteiger partial charge in [0.25, 0.3) is 5.69 Å². The first-order valence-corrected chi connectivity index (χ1v) is 4.64. The van der Waals surface area contributed by atoms with Gasteiger partial charge < -0.3 is 5.32 Å². The van der Waals surface area contributed by atoms with Crippen LogP contribution in [0.15, 0.2) is 18.2 Å². The molecule has 4 nitrogen and oxygen atoms in total. The summed E-state index contributed by atoms with van der Waals surface area (Å²) in [6, 6.07) is 5.57. The molecule has 0 aromatic heterocycles. The van der Waals surface area contributed by atoms with E-state index in [1.165, 1.54) is 5.56 Å². The Bertz CT molecular complexity index is 376. The number of nitro benzene ring substituents is 1. The number of non-ortho nitro benzene ring substituents is 1. The maximum Gasteiger partial charge on any atom is 0.269 e. The van der Waals surface area contributed by atoms with E-state index in [4.69, 9.17) is 0 Å². The number of nitrogens with zero attached hydrogens (tertiary/aromatic N) is 1. The highest BCUT2D eigenvalue weighted by Crippen LogP contribution is 2.25. The predicted octanol–water partition coefficient (Wildman–Crippen LogP) is 1.28. The second kappa shape index (κ2) is 3.38. The molecule has 1 aromatic rings. The Morgan fingerprint density at radius 2 is 2.14 bits per heavy atom. The fourth-order valence-corrected chi connectivity index (χ4v) is 1.92. The molecule has 0 heterocycles. The lowest BCUT2D eigenvalue weighted by atomic mass is 10.1. The smallest absolute Gasteiger partial charge is 0.269 e. The van der Waals surface area contributed by atoms with E-state index in [2.05, 4.69) is 5.32 Å². The van der Waals surface area contributed by atoms with Crippen LogP contribution in [0.5, 0.6) is 0 Å². The molecule has 74 valence electrons. The van der Waals surface area contributed by atoms with Crippen molar-refractivity contribution >= 4 is 5.69 Å². The number of likely N-dealkylation sites (N-methyl/N-ethyl adjacent to an activating group) is 1. The Morgan fingerprint density at radius 3 is 2.79 bits per heavy atom. The van der Waals surface area contributed by atoms with Crippen molar-refractivity contribution in [2.24, 2.45) is 0 Å². The van der Waals surface area contributed by atoms with Gasteiger partial charge in [-0.05, 0) is 31.0 Å². The summed E-state index contributed by atoms with van der Waals surface area (Å²) >= 11 is 0. The van der Waals surface area contributed by atoms with Gasteiger partial charge in [0.05, 0.1) is 4.92 Å². The molecule has 1 aromatic carbocycles. The molecule has 1 N–H and O–H groups in total. The summed E-state index contributed by atoms with van der Waals surface area (Å²) in [6.45, 7) is 0. The SMILES string of the molecule is CNC1Cc2ccc([N+](=O)[O-])cc2C1. The molecule has 4 heteroatoms. The van der Waals surface area contributed by atoms with E-state index in [0.29, 0.717) is 6.04 Å². The van der Waals surface area contributed by atoms with Gasteiger partial charge in [0, 0.05) is 18.2 Å². The van der Waals surface area contributed by atoms with Gasteiger partial charge in [-0.15, -0.1) is 0 Å². The molecule has 0 aliphatic heterocycles. The Balaban J connectivity index is 2.31. The third-order valence-electron chi connectivity index (χ3n) is 2.74. The van der Waals surface area contributed by atoms with Gasteiger partial charge in [-0.25, -0.2) is 0 Å². The normalized spacial score (nSPS) is 19.4. The van der Waals surface area contributed by atoms with Gasteiger partial charge in [0.1, 0.15) is 0 Å². The third-order valence-corrected chi connectivity index (χ3v) is 2.74. The minimum atomic E-state index is -0.340. The van der Waals surface area contributed by atoms with E-state index in [9.17, 15) is 10.1 Å². The number of benzene rings is 1. The number of hydrogen-bond donors (Lipinski definition) is 1.